The maximum Gasteiger partial charge on any atom is 0.302 e. The van der Waals surface area contributed by atoms with Crippen molar-refractivity contribution < 1.29 is 38.1 Å². The van der Waals surface area contributed by atoms with Crippen LogP contribution in [0.15, 0.2) is 48.5 Å². The van der Waals surface area contributed by atoms with Crippen LogP contribution in [-0.4, -0.2) is 69.6 Å². The fourth-order valence-electron chi connectivity index (χ4n) is 4.51. The maximum atomic E-state index is 12.4. The summed E-state index contributed by atoms with van der Waals surface area (Å²) in [4.78, 5) is 36.0. The number of carbonyl (C=O) groups is 3. The zero-order chi connectivity index (χ0) is 28.9. The molecular formula is C31H41NO8. The summed E-state index contributed by atoms with van der Waals surface area (Å²) in [5.41, 5.74) is 2.36. The van der Waals surface area contributed by atoms with E-state index in [1.165, 1.54) is 6.92 Å². The van der Waals surface area contributed by atoms with Crippen LogP contribution in [0.1, 0.15) is 56.8 Å². The zero-order valence-corrected chi connectivity index (χ0v) is 23.8. The number of esters is 1. The molecule has 1 aliphatic rings. The predicted molar refractivity (Wildman–Crippen MR) is 150 cm³/mol. The van der Waals surface area contributed by atoms with Crippen LogP contribution < -0.4 is 10.1 Å². The van der Waals surface area contributed by atoms with Crippen LogP contribution in [0.25, 0.3) is 11.1 Å². The van der Waals surface area contributed by atoms with Gasteiger partial charge < -0.3 is 33.8 Å². The Kier molecular flexibility index (Phi) is 12.6. The minimum absolute atomic E-state index is 0.0708. The molecule has 0 bridgehead atoms. The minimum Gasteiger partial charge on any atom is -0.463 e. The summed E-state index contributed by atoms with van der Waals surface area (Å²) in [6, 6.07) is 14.7. The van der Waals surface area contributed by atoms with Gasteiger partial charge in [-0.05, 0) is 48.2 Å². The maximum absolute atomic E-state index is 12.4. The number of unbranched alkanes of at least 4 members (excludes halogenated alkanes) is 2. The highest BCUT2D eigenvalue weighted by molar-refractivity contribution is 5.95. The first kappa shape index (κ1) is 31.3. The highest BCUT2D eigenvalue weighted by atomic mass is 16.7. The Morgan fingerprint density at radius 1 is 0.950 bits per heavy atom. The van der Waals surface area contributed by atoms with Gasteiger partial charge in [0.1, 0.15) is 30.9 Å². The summed E-state index contributed by atoms with van der Waals surface area (Å²) >= 11 is 0. The quantitative estimate of drug-likeness (QED) is 0.193. The van der Waals surface area contributed by atoms with E-state index in [0.29, 0.717) is 24.5 Å². The molecule has 0 saturated carbocycles. The molecule has 0 unspecified atom stereocenters. The molecule has 1 aliphatic heterocycles. The number of amides is 1. The number of aldehydes is 1. The molecule has 0 spiro atoms. The number of nitrogens with one attached hydrogen (secondary N) is 1. The van der Waals surface area contributed by atoms with Crippen molar-refractivity contribution in [1.29, 1.82) is 0 Å². The molecule has 1 heterocycles. The van der Waals surface area contributed by atoms with Crippen LogP contribution >= 0.6 is 0 Å². The van der Waals surface area contributed by atoms with Gasteiger partial charge in [0, 0.05) is 32.7 Å². The predicted octanol–water partition coefficient (Wildman–Crippen LogP) is 4.57. The first-order chi connectivity index (χ1) is 19.4. The van der Waals surface area contributed by atoms with Gasteiger partial charge in [0.05, 0.1) is 12.0 Å². The molecule has 0 aliphatic carbocycles. The van der Waals surface area contributed by atoms with E-state index in [4.69, 9.17) is 23.7 Å². The van der Waals surface area contributed by atoms with Gasteiger partial charge in [-0.2, -0.15) is 0 Å². The summed E-state index contributed by atoms with van der Waals surface area (Å²) in [5.74, 6) is -0.773. The summed E-state index contributed by atoms with van der Waals surface area (Å²) in [6.45, 7) is 6.25. The summed E-state index contributed by atoms with van der Waals surface area (Å²) in [5, 5.41) is 2.63. The molecule has 40 heavy (non-hydrogen) atoms. The second-order valence-electron chi connectivity index (χ2n) is 9.74. The van der Waals surface area contributed by atoms with Gasteiger partial charge in [0.2, 0.25) is 6.29 Å². The average Bonchev–Trinajstić information content (AvgIpc) is 2.97. The number of rotatable bonds is 15. The number of hydrogen-bond acceptors (Lipinski definition) is 8. The van der Waals surface area contributed by atoms with Crippen LogP contribution in [0.4, 0.5) is 0 Å². The van der Waals surface area contributed by atoms with E-state index >= 15 is 0 Å². The largest absolute Gasteiger partial charge is 0.463 e. The lowest BCUT2D eigenvalue weighted by molar-refractivity contribution is -0.276. The molecular weight excluding hydrogens is 514 g/mol. The second-order valence-corrected chi connectivity index (χ2v) is 9.74. The summed E-state index contributed by atoms with van der Waals surface area (Å²) in [7, 11) is 1.60. The van der Waals surface area contributed by atoms with E-state index in [1.54, 1.807) is 25.2 Å². The van der Waals surface area contributed by atoms with Crippen molar-refractivity contribution in [1.82, 2.24) is 5.32 Å². The third-order valence-corrected chi connectivity index (χ3v) is 6.72. The van der Waals surface area contributed by atoms with Crippen LogP contribution in [0.3, 0.4) is 0 Å². The van der Waals surface area contributed by atoms with Crippen molar-refractivity contribution in [2.45, 2.75) is 71.1 Å². The van der Waals surface area contributed by atoms with Gasteiger partial charge in [-0.25, -0.2) is 0 Å². The molecule has 218 valence electrons. The number of benzene rings is 2. The van der Waals surface area contributed by atoms with Crippen molar-refractivity contribution in [2.24, 2.45) is 5.92 Å². The Morgan fingerprint density at radius 2 is 1.62 bits per heavy atom. The van der Waals surface area contributed by atoms with E-state index in [1.807, 2.05) is 30.3 Å². The smallest absolute Gasteiger partial charge is 0.302 e. The minimum atomic E-state index is -0.930. The Morgan fingerprint density at radius 3 is 2.23 bits per heavy atom. The monoisotopic (exact) mass is 555 g/mol. The van der Waals surface area contributed by atoms with Crippen LogP contribution in [-0.2, 0) is 28.5 Å². The zero-order valence-electron chi connectivity index (χ0n) is 23.8. The first-order valence-corrected chi connectivity index (χ1v) is 14.0. The summed E-state index contributed by atoms with van der Waals surface area (Å²) in [6.07, 6.45) is 1.33. The molecule has 9 nitrogen and oxygen atoms in total. The Balaban J connectivity index is 1.84. The van der Waals surface area contributed by atoms with E-state index < -0.39 is 36.5 Å². The Labute approximate surface area is 236 Å². The molecule has 1 amide bonds. The molecule has 1 saturated heterocycles. The van der Waals surface area contributed by atoms with Crippen LogP contribution in [0.5, 0.6) is 5.75 Å². The molecule has 9 heteroatoms. The van der Waals surface area contributed by atoms with Crippen LogP contribution in [0, 0.1) is 5.92 Å². The number of carbonyl (C=O) groups excluding carboxylic acids is 3. The molecule has 5 atom stereocenters. The van der Waals surface area contributed by atoms with Gasteiger partial charge in [-0.15, -0.1) is 0 Å². The SMILES string of the molecule is CCCCO[C@@H]1[C@@H](Oc2ccc(-c3cccc(C(=O)NC)c3)cc2)O[C@H](COC(C)=O)[C@@H](OCCCC)[C@@H]1C=O. The molecule has 2 aromatic carbocycles. The highest BCUT2D eigenvalue weighted by Gasteiger charge is 2.49. The molecule has 2 aromatic rings. The highest BCUT2D eigenvalue weighted by Crippen LogP contribution is 2.33. The van der Waals surface area contributed by atoms with Gasteiger partial charge >= 0.3 is 5.97 Å². The lowest BCUT2D eigenvalue weighted by atomic mass is 9.89. The fraction of sp³-hybridized carbons (Fsp3) is 0.516. The second kappa shape index (κ2) is 16.1. The summed E-state index contributed by atoms with van der Waals surface area (Å²) < 4.78 is 30.0. The van der Waals surface area contributed by atoms with E-state index in [-0.39, 0.29) is 12.5 Å². The van der Waals surface area contributed by atoms with E-state index in [2.05, 4.69) is 19.2 Å². The Bertz CT molecular complexity index is 1090. The topological polar surface area (TPSA) is 109 Å². The standard InChI is InChI=1S/C31H41NO8/c1-5-7-16-36-28-26(19-33)29(37-17-8-6-2)31(40-27(28)20-38-21(3)34)39-25-14-12-22(13-15-25)23-10-9-11-24(18-23)30(35)32-4/h9-15,18-19,26-29,31H,5-8,16-17,20H2,1-4H3,(H,32,35)/t26-,27+,28-,29-,31-/m0/s1. The van der Waals surface area contributed by atoms with Gasteiger partial charge in [0.25, 0.3) is 5.91 Å². The van der Waals surface area contributed by atoms with Crippen molar-refractivity contribution in [3.05, 3.63) is 54.1 Å². The van der Waals surface area contributed by atoms with Crippen molar-refractivity contribution in [2.75, 3.05) is 26.9 Å². The Hall–Kier alpha value is -3.27. The third kappa shape index (κ3) is 8.61. The van der Waals surface area contributed by atoms with Gasteiger partial charge in [-0.1, -0.05) is 51.0 Å². The lowest BCUT2D eigenvalue weighted by Gasteiger charge is -2.44. The van der Waals surface area contributed by atoms with Gasteiger partial charge in [-0.3, -0.25) is 9.59 Å². The van der Waals surface area contributed by atoms with Crippen molar-refractivity contribution >= 4 is 18.2 Å². The van der Waals surface area contributed by atoms with Gasteiger partial charge in [0.15, 0.2) is 0 Å². The van der Waals surface area contributed by atoms with Crippen molar-refractivity contribution in [3.8, 4) is 16.9 Å². The van der Waals surface area contributed by atoms with Crippen molar-refractivity contribution in [3.63, 3.8) is 0 Å². The number of ether oxygens (including phenoxy) is 5. The first-order valence-electron chi connectivity index (χ1n) is 14.0. The molecule has 0 radical (unpaired) electrons. The van der Waals surface area contributed by atoms with Crippen LogP contribution in [0.2, 0.25) is 0 Å². The molecule has 0 aromatic heterocycles. The van der Waals surface area contributed by atoms with E-state index in [9.17, 15) is 14.4 Å². The molecule has 1 fully saturated rings. The van der Waals surface area contributed by atoms with E-state index in [0.717, 1.165) is 43.1 Å². The molecule has 3 rings (SSSR count). The lowest BCUT2D eigenvalue weighted by Crippen LogP contribution is -2.59. The normalized spacial score (nSPS) is 22.4. The fourth-order valence-corrected chi connectivity index (χ4v) is 4.51. The number of hydrogen-bond donors (Lipinski definition) is 1. The third-order valence-electron chi connectivity index (χ3n) is 6.72. The average molecular weight is 556 g/mol. The molecule has 1 N–H and O–H groups in total.